The van der Waals surface area contributed by atoms with E-state index < -0.39 is 0 Å². The van der Waals surface area contributed by atoms with Gasteiger partial charge in [0, 0.05) is 19.5 Å². The molecule has 52 valence electrons. The van der Waals surface area contributed by atoms with Crippen LogP contribution in [-0.2, 0) is 19.5 Å². The fourth-order valence-electron chi connectivity index (χ4n) is 0.642. The van der Waals surface area contributed by atoms with Crippen LogP contribution < -0.4 is 11.5 Å². The van der Waals surface area contributed by atoms with Crippen LogP contribution >= 0.6 is 0 Å². The largest absolute Gasteiger partial charge is 0.330 e. The van der Waals surface area contributed by atoms with E-state index >= 15 is 0 Å². The molecule has 0 unspecified atom stereocenters. The summed E-state index contributed by atoms with van der Waals surface area (Å²) in [6, 6.07) is 0. The van der Waals surface area contributed by atoms with Crippen molar-refractivity contribution in [2.45, 2.75) is 25.7 Å². The van der Waals surface area contributed by atoms with E-state index in [-0.39, 0.29) is 19.5 Å². The van der Waals surface area contributed by atoms with Crippen molar-refractivity contribution in [3.8, 4) is 0 Å². The predicted molar refractivity (Wildman–Crippen MR) is 36.6 cm³/mol. The number of nitrogens with two attached hydrogens (primary N) is 2. The molecule has 0 fully saturated rings. The van der Waals surface area contributed by atoms with Gasteiger partial charge in [0.15, 0.2) is 0 Å². The molecular formula is C6H16N2Zn. The summed E-state index contributed by atoms with van der Waals surface area (Å²) < 4.78 is 0. The van der Waals surface area contributed by atoms with Gasteiger partial charge in [0.1, 0.15) is 0 Å². The molecule has 0 aromatic rings. The molecule has 0 aromatic carbocycles. The molecule has 0 radical (unpaired) electrons. The quantitative estimate of drug-likeness (QED) is 0.478. The van der Waals surface area contributed by atoms with E-state index in [4.69, 9.17) is 11.5 Å². The summed E-state index contributed by atoms with van der Waals surface area (Å²) in [4.78, 5) is 0. The molecule has 3 heteroatoms. The molecule has 4 N–H and O–H groups in total. The second kappa shape index (κ2) is 11.4. The third kappa shape index (κ3) is 11.9. The Bertz CT molecular complexity index is 36.0. The zero-order valence-corrected chi connectivity index (χ0v) is 9.07. The Balaban J connectivity index is 0. The molecule has 0 rings (SSSR count). The van der Waals surface area contributed by atoms with Crippen molar-refractivity contribution in [2.75, 3.05) is 13.1 Å². The maximum atomic E-state index is 5.28. The van der Waals surface area contributed by atoms with Gasteiger partial charge in [0.05, 0.1) is 0 Å². The van der Waals surface area contributed by atoms with Crippen molar-refractivity contribution in [2.24, 2.45) is 11.5 Å². The van der Waals surface area contributed by atoms with Gasteiger partial charge in [0.25, 0.3) is 0 Å². The van der Waals surface area contributed by atoms with Gasteiger partial charge in [-0.2, -0.15) is 0 Å². The van der Waals surface area contributed by atoms with Crippen LogP contribution in [0.15, 0.2) is 0 Å². The van der Waals surface area contributed by atoms with Crippen LogP contribution in [0.4, 0.5) is 0 Å². The first-order valence-corrected chi connectivity index (χ1v) is 3.32. The summed E-state index contributed by atoms with van der Waals surface area (Å²) in [5, 5.41) is 0. The van der Waals surface area contributed by atoms with Crippen molar-refractivity contribution in [3.63, 3.8) is 0 Å². The minimum atomic E-state index is 0. The monoisotopic (exact) mass is 180 g/mol. The fourth-order valence-corrected chi connectivity index (χ4v) is 0.642. The first-order chi connectivity index (χ1) is 3.91. The van der Waals surface area contributed by atoms with Crippen LogP contribution in [0.2, 0.25) is 0 Å². The van der Waals surface area contributed by atoms with E-state index in [1.807, 2.05) is 0 Å². The number of hydrogen-bond donors (Lipinski definition) is 2. The number of rotatable bonds is 5. The Labute approximate surface area is 70.1 Å². The number of hydrogen-bond acceptors (Lipinski definition) is 2. The van der Waals surface area contributed by atoms with Gasteiger partial charge in [0.2, 0.25) is 0 Å². The topological polar surface area (TPSA) is 52.0 Å². The van der Waals surface area contributed by atoms with E-state index in [1.54, 1.807) is 0 Å². The van der Waals surface area contributed by atoms with Crippen LogP contribution in [0.3, 0.4) is 0 Å². The number of unbranched alkanes of at least 4 members (excludes halogenated alkanes) is 3. The molecule has 0 aliphatic rings. The molecule has 0 bridgehead atoms. The van der Waals surface area contributed by atoms with E-state index in [1.165, 1.54) is 12.8 Å². The Morgan fingerprint density at radius 1 is 0.667 bits per heavy atom. The summed E-state index contributed by atoms with van der Waals surface area (Å²) in [5.41, 5.74) is 10.6. The third-order valence-corrected chi connectivity index (χ3v) is 1.16. The Kier molecular flexibility index (Phi) is 15.4. The Hall–Kier alpha value is 0.543. The summed E-state index contributed by atoms with van der Waals surface area (Å²) >= 11 is 0. The Morgan fingerprint density at radius 3 is 1.22 bits per heavy atom. The summed E-state index contributed by atoms with van der Waals surface area (Å²) in [5.74, 6) is 0. The molecule has 0 aliphatic carbocycles. The van der Waals surface area contributed by atoms with Gasteiger partial charge in [-0.15, -0.1) is 0 Å². The molecule has 0 aliphatic heterocycles. The van der Waals surface area contributed by atoms with Crippen molar-refractivity contribution in [1.29, 1.82) is 0 Å². The second-order valence-electron chi connectivity index (χ2n) is 1.99. The normalized spacial score (nSPS) is 8.67. The smallest absolute Gasteiger partial charge is 0 e. The van der Waals surface area contributed by atoms with Crippen molar-refractivity contribution in [1.82, 2.24) is 0 Å². The predicted octanol–water partition coefficient (Wildman–Crippen LogP) is 0.462. The zero-order chi connectivity index (χ0) is 6.24. The average molecular weight is 182 g/mol. The van der Waals surface area contributed by atoms with Crippen molar-refractivity contribution >= 4 is 0 Å². The summed E-state index contributed by atoms with van der Waals surface area (Å²) in [6.45, 7) is 1.65. The van der Waals surface area contributed by atoms with Crippen LogP contribution in [0.5, 0.6) is 0 Å². The van der Waals surface area contributed by atoms with Gasteiger partial charge in [-0.25, -0.2) is 0 Å². The molecule has 0 heterocycles. The van der Waals surface area contributed by atoms with Gasteiger partial charge >= 0.3 is 0 Å². The first-order valence-electron chi connectivity index (χ1n) is 3.32. The fraction of sp³-hybridized carbons (Fsp3) is 1.00. The minimum absolute atomic E-state index is 0. The van der Waals surface area contributed by atoms with Crippen LogP contribution in [0, 0.1) is 0 Å². The van der Waals surface area contributed by atoms with Gasteiger partial charge < -0.3 is 11.5 Å². The molecule has 0 saturated heterocycles. The second-order valence-corrected chi connectivity index (χ2v) is 1.99. The van der Waals surface area contributed by atoms with Gasteiger partial charge in [-0.1, -0.05) is 12.8 Å². The van der Waals surface area contributed by atoms with E-state index in [2.05, 4.69) is 0 Å². The van der Waals surface area contributed by atoms with Crippen molar-refractivity contribution in [3.05, 3.63) is 0 Å². The van der Waals surface area contributed by atoms with E-state index in [0.29, 0.717) is 0 Å². The zero-order valence-electron chi connectivity index (χ0n) is 6.10. The molecule has 0 spiro atoms. The first kappa shape index (κ1) is 12.2. The average Bonchev–Trinajstić information content (AvgIpc) is 1.81. The van der Waals surface area contributed by atoms with Gasteiger partial charge in [-0.3, -0.25) is 0 Å². The van der Waals surface area contributed by atoms with Crippen molar-refractivity contribution < 1.29 is 19.5 Å². The molecule has 0 aromatic heterocycles. The van der Waals surface area contributed by atoms with E-state index in [9.17, 15) is 0 Å². The Morgan fingerprint density at radius 2 is 1.00 bits per heavy atom. The minimum Gasteiger partial charge on any atom is -0.330 e. The van der Waals surface area contributed by atoms with Crippen LogP contribution in [0.1, 0.15) is 25.7 Å². The standard InChI is InChI=1S/C6H16N2.Zn/c7-5-3-1-2-4-6-8;/h1-8H2;. The molecule has 9 heavy (non-hydrogen) atoms. The van der Waals surface area contributed by atoms with Gasteiger partial charge in [-0.05, 0) is 25.9 Å². The molecule has 0 atom stereocenters. The molecule has 2 nitrogen and oxygen atoms in total. The molecule has 0 saturated carbocycles. The van der Waals surface area contributed by atoms with Crippen LogP contribution in [0.25, 0.3) is 0 Å². The SMILES string of the molecule is NCCCCCCN.[Zn]. The maximum Gasteiger partial charge on any atom is 0 e. The molecule has 0 amide bonds. The van der Waals surface area contributed by atoms with Crippen LogP contribution in [-0.4, -0.2) is 13.1 Å². The maximum absolute atomic E-state index is 5.28. The van der Waals surface area contributed by atoms with E-state index in [0.717, 1.165) is 25.9 Å². The summed E-state index contributed by atoms with van der Waals surface area (Å²) in [7, 11) is 0. The molecular weight excluding hydrogens is 165 g/mol. The summed E-state index contributed by atoms with van der Waals surface area (Å²) in [6.07, 6.45) is 4.79. The third-order valence-electron chi connectivity index (χ3n) is 1.16.